The van der Waals surface area contributed by atoms with Gasteiger partial charge in [0.05, 0.1) is 0 Å². The molecular weight excluding hydrogens is 472 g/mol. The molecule has 36 heavy (non-hydrogen) atoms. The number of aromatic nitrogens is 1. The third-order valence-electron chi connectivity index (χ3n) is 6.96. The Balaban J connectivity index is 1.42. The first-order valence-corrected chi connectivity index (χ1v) is 13.3. The average molecular weight is 505 g/mol. The molecule has 0 unspecified atom stereocenters. The van der Waals surface area contributed by atoms with Crippen molar-refractivity contribution in [2.24, 2.45) is 5.92 Å². The normalized spacial score (nSPS) is 20.9. The highest BCUT2D eigenvalue weighted by Gasteiger charge is 2.57. The fourth-order valence-electron chi connectivity index (χ4n) is 5.21. The summed E-state index contributed by atoms with van der Waals surface area (Å²) in [6.07, 6.45) is 2.24. The van der Waals surface area contributed by atoms with Crippen molar-refractivity contribution in [2.45, 2.75) is 56.3 Å². The van der Waals surface area contributed by atoms with Crippen molar-refractivity contribution >= 4 is 40.4 Å². The number of H-pyrrole nitrogens is 1. The number of fused-ring (bicyclic) bond motifs is 4. The van der Waals surface area contributed by atoms with Gasteiger partial charge in [-0.3, -0.25) is 14.4 Å². The fraction of sp³-hybridized carbons (Fsp3) is 0.393. The molecule has 1 saturated heterocycles. The Morgan fingerprint density at radius 1 is 1.11 bits per heavy atom. The van der Waals surface area contributed by atoms with Gasteiger partial charge in [-0.2, -0.15) is 0 Å². The number of carbonyl (C=O) groups is 3. The van der Waals surface area contributed by atoms with Crippen LogP contribution in [0.3, 0.4) is 0 Å². The van der Waals surface area contributed by atoms with E-state index in [1.54, 1.807) is 16.7 Å². The Kier molecular flexibility index (Phi) is 6.32. The number of thioether (sulfide) groups is 1. The summed E-state index contributed by atoms with van der Waals surface area (Å²) in [5.74, 6) is -0.379. The fourth-order valence-corrected chi connectivity index (χ4v) is 6.80. The molecule has 3 heterocycles. The van der Waals surface area contributed by atoms with Crippen molar-refractivity contribution in [3.05, 3.63) is 71.4 Å². The Morgan fingerprint density at radius 3 is 2.61 bits per heavy atom. The number of hydrogen-bond donors (Lipinski definition) is 3. The molecule has 5 rings (SSSR count). The van der Waals surface area contributed by atoms with Crippen LogP contribution in [0.5, 0.6) is 0 Å². The molecule has 188 valence electrons. The lowest BCUT2D eigenvalue weighted by Gasteiger charge is -2.31. The molecule has 1 aromatic heterocycles. The van der Waals surface area contributed by atoms with Crippen molar-refractivity contribution in [3.8, 4) is 0 Å². The smallest absolute Gasteiger partial charge is 0.256 e. The van der Waals surface area contributed by atoms with Crippen LogP contribution in [-0.2, 0) is 16.0 Å². The summed E-state index contributed by atoms with van der Waals surface area (Å²) < 4.78 is -0.516. The third kappa shape index (κ3) is 4.28. The minimum absolute atomic E-state index is 0.133. The van der Waals surface area contributed by atoms with E-state index in [9.17, 15) is 14.4 Å². The van der Waals surface area contributed by atoms with Gasteiger partial charge in [-0.15, -0.1) is 11.8 Å². The lowest BCUT2D eigenvalue weighted by molar-refractivity contribution is -0.131. The SMILES string of the molecule is CC(C)CNC(=O)[C@H](Cc1c[nH]c2ccccc12)NC(=O)[C@H]1N2C(=O)c3ccccc3[C@@H]2SC1(C)C. The largest absolute Gasteiger partial charge is 0.361 e. The van der Waals surface area contributed by atoms with Crippen molar-refractivity contribution < 1.29 is 14.4 Å². The molecule has 0 saturated carbocycles. The summed E-state index contributed by atoms with van der Waals surface area (Å²) in [6, 6.07) is 14.0. The number of carbonyl (C=O) groups excluding carboxylic acids is 3. The van der Waals surface area contributed by atoms with Crippen molar-refractivity contribution in [1.82, 2.24) is 20.5 Å². The molecule has 7 nitrogen and oxygen atoms in total. The van der Waals surface area contributed by atoms with Crippen LogP contribution in [0.4, 0.5) is 0 Å². The van der Waals surface area contributed by atoms with E-state index in [-0.39, 0.29) is 29.0 Å². The van der Waals surface area contributed by atoms with Crippen molar-refractivity contribution in [2.75, 3.05) is 6.54 Å². The highest BCUT2D eigenvalue weighted by atomic mass is 32.2. The number of nitrogens with zero attached hydrogens (tertiary/aromatic N) is 1. The number of benzene rings is 2. The van der Waals surface area contributed by atoms with E-state index < -0.39 is 16.8 Å². The van der Waals surface area contributed by atoms with Crippen LogP contribution < -0.4 is 10.6 Å². The van der Waals surface area contributed by atoms with Crippen LogP contribution in [0.2, 0.25) is 0 Å². The second kappa shape index (κ2) is 9.32. The van der Waals surface area contributed by atoms with Crippen LogP contribution in [0.25, 0.3) is 10.9 Å². The second-order valence-electron chi connectivity index (χ2n) is 10.5. The van der Waals surface area contributed by atoms with Crippen LogP contribution in [0.15, 0.2) is 54.7 Å². The first-order chi connectivity index (χ1) is 17.2. The predicted molar refractivity (Wildman–Crippen MR) is 143 cm³/mol. The van der Waals surface area contributed by atoms with E-state index in [0.717, 1.165) is 22.0 Å². The number of aromatic amines is 1. The van der Waals surface area contributed by atoms with Gasteiger partial charge in [0.25, 0.3) is 5.91 Å². The average Bonchev–Trinajstić information content (AvgIpc) is 3.46. The predicted octanol–water partition coefficient (Wildman–Crippen LogP) is 4.02. The zero-order valence-corrected chi connectivity index (χ0v) is 21.8. The summed E-state index contributed by atoms with van der Waals surface area (Å²) in [5.41, 5.74) is 3.53. The Hall–Kier alpha value is -3.26. The molecule has 2 aliphatic rings. The molecule has 3 amide bonds. The maximum Gasteiger partial charge on any atom is 0.256 e. The molecule has 8 heteroatoms. The van der Waals surface area contributed by atoms with Crippen LogP contribution in [0.1, 0.15) is 54.6 Å². The topological polar surface area (TPSA) is 94.3 Å². The van der Waals surface area contributed by atoms with Crippen LogP contribution >= 0.6 is 11.8 Å². The Labute approximate surface area is 215 Å². The Bertz CT molecular complexity index is 1330. The second-order valence-corrected chi connectivity index (χ2v) is 12.3. The summed E-state index contributed by atoms with van der Waals surface area (Å²) in [6.45, 7) is 8.56. The zero-order valence-electron chi connectivity index (χ0n) is 21.0. The van der Waals surface area contributed by atoms with Gasteiger partial charge in [0.1, 0.15) is 17.5 Å². The van der Waals surface area contributed by atoms with Gasteiger partial charge >= 0.3 is 0 Å². The standard InChI is InChI=1S/C28H32N4O3S/c1-16(2)14-30-24(33)22(13-17-15-29-21-12-8-7-9-18(17)21)31-25(34)23-28(3,4)36-27-20-11-6-5-10-19(20)26(35)32(23)27/h5-12,15-16,22-23,27,29H,13-14H2,1-4H3,(H,30,33)(H,31,34)/t22-,23+,27-/m0/s1. The van der Waals surface area contributed by atoms with Gasteiger partial charge in [-0.05, 0) is 43.0 Å². The molecule has 2 aliphatic heterocycles. The summed E-state index contributed by atoms with van der Waals surface area (Å²) >= 11 is 1.62. The molecule has 0 bridgehead atoms. The number of amides is 3. The minimum Gasteiger partial charge on any atom is -0.361 e. The van der Waals surface area contributed by atoms with Gasteiger partial charge < -0.3 is 20.5 Å². The van der Waals surface area contributed by atoms with E-state index >= 15 is 0 Å². The lowest BCUT2D eigenvalue weighted by atomic mass is 9.98. The Morgan fingerprint density at radius 2 is 1.83 bits per heavy atom. The van der Waals surface area contributed by atoms with Crippen LogP contribution in [0, 0.1) is 5.92 Å². The highest BCUT2D eigenvalue weighted by molar-refractivity contribution is 8.01. The van der Waals surface area contributed by atoms with Crippen molar-refractivity contribution in [3.63, 3.8) is 0 Å². The van der Waals surface area contributed by atoms with E-state index in [2.05, 4.69) is 15.6 Å². The van der Waals surface area contributed by atoms with Gasteiger partial charge in [-0.25, -0.2) is 0 Å². The lowest BCUT2D eigenvalue weighted by Crippen LogP contribution is -2.57. The molecule has 2 aromatic carbocycles. The molecule has 3 aromatic rings. The summed E-state index contributed by atoms with van der Waals surface area (Å²) in [4.78, 5) is 45.4. The molecule has 3 atom stereocenters. The number of para-hydroxylation sites is 1. The maximum absolute atomic E-state index is 13.8. The van der Waals surface area contributed by atoms with Gasteiger partial charge in [0.15, 0.2) is 0 Å². The molecule has 3 N–H and O–H groups in total. The minimum atomic E-state index is -0.768. The van der Waals surface area contributed by atoms with E-state index in [1.165, 1.54) is 0 Å². The van der Waals surface area contributed by atoms with Crippen molar-refractivity contribution in [1.29, 1.82) is 0 Å². The summed E-state index contributed by atoms with van der Waals surface area (Å²) in [5, 5.41) is 6.82. The van der Waals surface area contributed by atoms with Gasteiger partial charge in [0, 0.05) is 40.4 Å². The van der Waals surface area contributed by atoms with E-state index in [0.29, 0.717) is 18.5 Å². The number of nitrogens with one attached hydrogen (secondary N) is 3. The molecule has 0 radical (unpaired) electrons. The first kappa shape index (κ1) is 24.4. The van der Waals surface area contributed by atoms with Crippen LogP contribution in [-0.4, -0.2) is 51.0 Å². The van der Waals surface area contributed by atoms with E-state index in [4.69, 9.17) is 0 Å². The molecule has 1 fully saturated rings. The molecule has 0 aliphatic carbocycles. The number of hydrogen-bond acceptors (Lipinski definition) is 4. The monoisotopic (exact) mass is 504 g/mol. The quantitative estimate of drug-likeness (QED) is 0.453. The molecule has 0 spiro atoms. The molecular formula is C28H32N4O3S. The maximum atomic E-state index is 13.8. The summed E-state index contributed by atoms with van der Waals surface area (Å²) in [7, 11) is 0. The van der Waals surface area contributed by atoms with Gasteiger partial charge in [-0.1, -0.05) is 50.2 Å². The first-order valence-electron chi connectivity index (χ1n) is 12.4. The number of rotatable bonds is 7. The highest BCUT2D eigenvalue weighted by Crippen LogP contribution is 2.56. The van der Waals surface area contributed by atoms with Gasteiger partial charge in [0.2, 0.25) is 11.8 Å². The third-order valence-corrected chi connectivity index (χ3v) is 8.50. The zero-order chi connectivity index (χ0) is 25.6. The van der Waals surface area contributed by atoms with E-state index in [1.807, 2.05) is 82.4 Å².